The lowest BCUT2D eigenvalue weighted by atomic mass is 9.93. The predicted molar refractivity (Wildman–Crippen MR) is 133 cm³/mol. The van der Waals surface area contributed by atoms with E-state index in [0.29, 0.717) is 22.8 Å². The number of fused-ring (bicyclic) bond motifs is 2. The minimum absolute atomic E-state index is 0.104. The number of benzene rings is 1. The van der Waals surface area contributed by atoms with Crippen molar-refractivity contribution in [1.29, 1.82) is 0 Å². The Hall–Kier alpha value is -3.59. The molecule has 0 unspecified atom stereocenters. The van der Waals surface area contributed by atoms with Gasteiger partial charge in [0, 0.05) is 36.1 Å². The molecule has 0 fully saturated rings. The molecule has 0 amide bonds. The number of rotatable bonds is 4. The third-order valence-corrected chi connectivity index (χ3v) is 6.07. The van der Waals surface area contributed by atoms with Gasteiger partial charge in [-0.15, -0.1) is 0 Å². The van der Waals surface area contributed by atoms with Gasteiger partial charge in [-0.25, -0.2) is 19.3 Å². The van der Waals surface area contributed by atoms with Gasteiger partial charge >= 0.3 is 0 Å². The lowest BCUT2D eigenvalue weighted by Gasteiger charge is -2.19. The second kappa shape index (κ2) is 8.32. The van der Waals surface area contributed by atoms with Crippen molar-refractivity contribution < 1.29 is 0 Å². The zero-order valence-electron chi connectivity index (χ0n) is 20.3. The van der Waals surface area contributed by atoms with Crippen LogP contribution < -0.4 is 16.2 Å². The molecule has 0 aliphatic carbocycles. The zero-order valence-corrected chi connectivity index (χ0v) is 20.3. The van der Waals surface area contributed by atoms with Crippen LogP contribution in [0.3, 0.4) is 0 Å². The summed E-state index contributed by atoms with van der Waals surface area (Å²) in [5, 5.41) is 7.15. The van der Waals surface area contributed by atoms with E-state index in [-0.39, 0.29) is 17.0 Å². The first kappa shape index (κ1) is 22.2. The summed E-state index contributed by atoms with van der Waals surface area (Å²) in [5.41, 5.74) is 4.56. The van der Waals surface area contributed by atoms with Gasteiger partial charge in [-0.3, -0.25) is 9.78 Å². The van der Waals surface area contributed by atoms with Crippen LogP contribution >= 0.6 is 0 Å². The van der Waals surface area contributed by atoms with E-state index in [1.807, 2.05) is 19.9 Å². The highest BCUT2D eigenvalue weighted by molar-refractivity contribution is 5.77. The van der Waals surface area contributed by atoms with E-state index in [1.54, 1.807) is 28.0 Å². The molecule has 0 saturated heterocycles. The average Bonchev–Trinajstić information content (AvgIpc) is 3.10. The van der Waals surface area contributed by atoms with Crippen LogP contribution in [0.1, 0.15) is 57.5 Å². The van der Waals surface area contributed by atoms with Crippen molar-refractivity contribution in [2.45, 2.75) is 59.0 Å². The highest BCUT2D eigenvalue weighted by Gasteiger charge is 2.23. The van der Waals surface area contributed by atoms with Crippen molar-refractivity contribution in [3.05, 3.63) is 64.0 Å². The van der Waals surface area contributed by atoms with Crippen molar-refractivity contribution >= 4 is 22.7 Å². The highest BCUT2D eigenvalue weighted by atomic mass is 16.1. The van der Waals surface area contributed by atoms with Gasteiger partial charge in [0.05, 0.1) is 11.9 Å². The Bertz CT molecular complexity index is 1430. The summed E-state index contributed by atoms with van der Waals surface area (Å²) in [6.45, 7) is 12.1. The Morgan fingerprint density at radius 3 is 2.68 bits per heavy atom. The third kappa shape index (κ3) is 3.96. The van der Waals surface area contributed by atoms with Gasteiger partial charge in [0.15, 0.2) is 11.5 Å². The van der Waals surface area contributed by atoms with E-state index >= 15 is 0 Å². The summed E-state index contributed by atoms with van der Waals surface area (Å²) in [4.78, 5) is 31.7. The van der Waals surface area contributed by atoms with Crippen molar-refractivity contribution in [2.24, 2.45) is 0 Å². The molecule has 9 heteroatoms. The van der Waals surface area contributed by atoms with Crippen molar-refractivity contribution in [3.8, 4) is 5.82 Å². The molecular weight excluding hydrogens is 428 g/mol. The molecule has 0 bridgehead atoms. The molecule has 2 N–H and O–H groups in total. The van der Waals surface area contributed by atoms with Gasteiger partial charge in [0.2, 0.25) is 5.95 Å². The molecule has 0 radical (unpaired) electrons. The Morgan fingerprint density at radius 2 is 1.91 bits per heavy atom. The van der Waals surface area contributed by atoms with Crippen molar-refractivity contribution in [2.75, 3.05) is 11.9 Å². The molecule has 34 heavy (non-hydrogen) atoms. The summed E-state index contributed by atoms with van der Waals surface area (Å²) < 4.78 is 3.42. The average molecular weight is 459 g/mol. The molecule has 1 aromatic carbocycles. The van der Waals surface area contributed by atoms with E-state index in [4.69, 9.17) is 9.97 Å². The first-order chi connectivity index (χ1) is 16.2. The molecule has 3 aromatic heterocycles. The van der Waals surface area contributed by atoms with Crippen LogP contribution in [0.5, 0.6) is 0 Å². The largest absolute Gasteiger partial charge is 0.324 e. The zero-order chi connectivity index (χ0) is 24.0. The Balaban J connectivity index is 1.63. The monoisotopic (exact) mass is 458 g/mol. The topological polar surface area (TPSA) is 103 Å². The highest BCUT2D eigenvalue weighted by Crippen LogP contribution is 2.24. The van der Waals surface area contributed by atoms with E-state index < -0.39 is 0 Å². The second-order valence-corrected chi connectivity index (χ2v) is 10.0. The van der Waals surface area contributed by atoms with E-state index in [9.17, 15) is 4.79 Å². The molecule has 1 aliphatic heterocycles. The van der Waals surface area contributed by atoms with Gasteiger partial charge in [-0.05, 0) is 50.1 Å². The van der Waals surface area contributed by atoms with Crippen molar-refractivity contribution in [3.63, 3.8) is 0 Å². The number of hydrogen-bond acceptors (Lipinski definition) is 7. The van der Waals surface area contributed by atoms with Gasteiger partial charge in [0.25, 0.3) is 5.56 Å². The van der Waals surface area contributed by atoms with E-state index in [1.165, 1.54) is 11.1 Å². The Kier molecular flexibility index (Phi) is 5.44. The molecule has 0 saturated carbocycles. The van der Waals surface area contributed by atoms with Gasteiger partial charge in [-0.1, -0.05) is 26.8 Å². The fraction of sp³-hybridized carbons (Fsp3) is 0.400. The molecule has 4 aromatic rings. The SMILES string of the molecule is CC(C)n1c(=O)c2cnc(Nc3ccc4c(c3)CCNC4)nc2n1-c1cncc(C(C)(C)C)n1. The number of anilines is 2. The lowest BCUT2D eigenvalue weighted by Crippen LogP contribution is -2.25. The standard InChI is InChI=1S/C25H30N8O/c1-15(2)32-23(34)19-12-28-24(29-18-7-6-17-11-26-9-8-16(17)10-18)31-22(19)33(32)21-14-27-13-20(30-21)25(3,4)5/h6-7,10,12-15,26H,8-9,11H2,1-5H3,(H,28,29,31). The van der Waals surface area contributed by atoms with Crippen molar-refractivity contribution in [1.82, 2.24) is 34.6 Å². The quantitative estimate of drug-likeness (QED) is 0.481. The summed E-state index contributed by atoms with van der Waals surface area (Å²) >= 11 is 0. The summed E-state index contributed by atoms with van der Waals surface area (Å²) in [6, 6.07) is 6.20. The number of aromatic nitrogens is 6. The molecule has 176 valence electrons. The van der Waals surface area contributed by atoms with Gasteiger partial charge in [-0.2, -0.15) is 4.98 Å². The summed E-state index contributed by atoms with van der Waals surface area (Å²) in [7, 11) is 0. The predicted octanol–water partition coefficient (Wildman–Crippen LogP) is 3.64. The van der Waals surface area contributed by atoms with Gasteiger partial charge in [0.1, 0.15) is 5.39 Å². The minimum Gasteiger partial charge on any atom is -0.324 e. The molecule has 9 nitrogen and oxygen atoms in total. The van der Waals surface area contributed by atoms with Crippen LogP contribution in [-0.4, -0.2) is 35.8 Å². The smallest absolute Gasteiger partial charge is 0.278 e. The van der Waals surface area contributed by atoms with Gasteiger partial charge < -0.3 is 10.6 Å². The Morgan fingerprint density at radius 1 is 1.09 bits per heavy atom. The minimum atomic E-state index is -0.182. The summed E-state index contributed by atoms with van der Waals surface area (Å²) in [6.07, 6.45) is 6.01. The normalized spacial score (nSPS) is 13.9. The first-order valence-corrected chi connectivity index (χ1v) is 11.6. The second-order valence-electron chi connectivity index (χ2n) is 10.0. The maximum atomic E-state index is 13.3. The number of nitrogens with one attached hydrogen (secondary N) is 2. The maximum absolute atomic E-state index is 13.3. The molecule has 4 heterocycles. The van der Waals surface area contributed by atoms with E-state index in [2.05, 4.69) is 53.5 Å². The molecular formula is C25H30N8O. The van der Waals surface area contributed by atoms with Crippen LogP contribution in [0.15, 0.2) is 41.6 Å². The number of nitrogens with zero attached hydrogens (tertiary/aromatic N) is 6. The van der Waals surface area contributed by atoms with Crippen LogP contribution in [0, 0.1) is 0 Å². The van der Waals surface area contributed by atoms with Crippen LogP contribution in [0.25, 0.3) is 16.9 Å². The fourth-order valence-corrected chi connectivity index (χ4v) is 4.25. The Labute approximate surface area is 198 Å². The maximum Gasteiger partial charge on any atom is 0.278 e. The van der Waals surface area contributed by atoms with Crippen LogP contribution in [-0.2, 0) is 18.4 Å². The third-order valence-electron chi connectivity index (χ3n) is 6.07. The van der Waals surface area contributed by atoms with Crippen LogP contribution in [0.4, 0.5) is 11.6 Å². The van der Waals surface area contributed by atoms with Crippen LogP contribution in [0.2, 0.25) is 0 Å². The molecule has 0 atom stereocenters. The first-order valence-electron chi connectivity index (χ1n) is 11.6. The van der Waals surface area contributed by atoms with E-state index in [0.717, 1.165) is 30.9 Å². The summed E-state index contributed by atoms with van der Waals surface area (Å²) in [5.74, 6) is 0.982. The molecule has 0 spiro atoms. The fourth-order valence-electron chi connectivity index (χ4n) is 4.25. The molecule has 1 aliphatic rings. The molecule has 5 rings (SSSR count). The lowest BCUT2D eigenvalue weighted by molar-refractivity contribution is 0.468. The number of hydrogen-bond donors (Lipinski definition) is 2.